The lowest BCUT2D eigenvalue weighted by Gasteiger charge is -2.17. The first kappa shape index (κ1) is 26.2. The van der Waals surface area contributed by atoms with Gasteiger partial charge in [0.2, 0.25) is 11.8 Å². The molecule has 0 aromatic carbocycles. The highest BCUT2D eigenvalue weighted by Gasteiger charge is 2.43. The maximum absolute atomic E-state index is 12.6. The van der Waals surface area contributed by atoms with Crippen LogP contribution in [0, 0.1) is 11.8 Å². The molecule has 1 fully saturated rings. The standard InChI is InChI=1S/C23H43N3O4/c1-3-5-7-9-11-13-15-24-21(27)19-17-26(23(29)30)18-20(19)22(28)25-16-14-12-10-8-6-4-2/h19-20H,3-18H2,1-2H3,(H,24,27)(H,25,28)(H,29,30)/t19-,20-/m1/s1. The first-order chi connectivity index (χ1) is 14.5. The van der Waals surface area contributed by atoms with E-state index in [1.165, 1.54) is 56.3 Å². The number of nitrogens with zero attached hydrogens (tertiary/aromatic N) is 1. The lowest BCUT2D eigenvalue weighted by atomic mass is 9.94. The van der Waals surface area contributed by atoms with E-state index >= 15 is 0 Å². The Hall–Kier alpha value is -1.79. The summed E-state index contributed by atoms with van der Waals surface area (Å²) in [6.45, 7) is 5.71. The molecule has 1 saturated heterocycles. The van der Waals surface area contributed by atoms with Crippen LogP contribution in [0.5, 0.6) is 0 Å². The van der Waals surface area contributed by atoms with Gasteiger partial charge in [-0.15, -0.1) is 0 Å². The summed E-state index contributed by atoms with van der Waals surface area (Å²) < 4.78 is 0. The maximum Gasteiger partial charge on any atom is 0.407 e. The SMILES string of the molecule is CCCCCCCCNC(=O)[C@@H]1CN(C(=O)O)C[C@H]1C(=O)NCCCCCCCC. The van der Waals surface area contributed by atoms with Gasteiger partial charge in [0.25, 0.3) is 0 Å². The molecule has 0 aliphatic carbocycles. The Labute approximate surface area is 182 Å². The van der Waals surface area contributed by atoms with Crippen LogP contribution in [0.4, 0.5) is 4.79 Å². The minimum Gasteiger partial charge on any atom is -0.465 e. The van der Waals surface area contributed by atoms with E-state index in [1.54, 1.807) is 0 Å². The van der Waals surface area contributed by atoms with Crippen molar-refractivity contribution in [2.75, 3.05) is 26.2 Å². The summed E-state index contributed by atoms with van der Waals surface area (Å²) in [6, 6.07) is 0. The fraction of sp³-hybridized carbons (Fsp3) is 0.870. The number of carboxylic acid groups (broad SMARTS) is 1. The van der Waals surface area contributed by atoms with E-state index in [4.69, 9.17) is 0 Å². The summed E-state index contributed by atoms with van der Waals surface area (Å²) in [4.78, 5) is 37.8. The monoisotopic (exact) mass is 425 g/mol. The molecule has 3 N–H and O–H groups in total. The van der Waals surface area contributed by atoms with Crippen LogP contribution >= 0.6 is 0 Å². The fourth-order valence-electron chi connectivity index (χ4n) is 3.99. The zero-order chi connectivity index (χ0) is 22.2. The lowest BCUT2D eigenvalue weighted by Crippen LogP contribution is -2.42. The van der Waals surface area contributed by atoms with E-state index in [0.717, 1.165) is 25.7 Å². The number of carbonyl (C=O) groups excluding carboxylic acids is 2. The first-order valence-electron chi connectivity index (χ1n) is 12.0. The minimum atomic E-state index is -1.07. The molecule has 0 radical (unpaired) electrons. The van der Waals surface area contributed by atoms with E-state index < -0.39 is 17.9 Å². The fourth-order valence-corrected chi connectivity index (χ4v) is 3.99. The number of carbonyl (C=O) groups is 3. The Balaban J connectivity index is 2.39. The highest BCUT2D eigenvalue weighted by atomic mass is 16.4. The third kappa shape index (κ3) is 10.3. The second-order valence-corrected chi connectivity index (χ2v) is 8.52. The van der Waals surface area contributed by atoms with Crippen molar-refractivity contribution in [2.45, 2.75) is 90.9 Å². The second-order valence-electron chi connectivity index (χ2n) is 8.52. The molecular formula is C23H43N3O4. The zero-order valence-electron chi connectivity index (χ0n) is 19.1. The summed E-state index contributed by atoms with van der Waals surface area (Å²) in [5, 5.41) is 15.1. The van der Waals surface area contributed by atoms with Crippen LogP contribution in [0.1, 0.15) is 90.9 Å². The number of hydrogen-bond acceptors (Lipinski definition) is 3. The largest absolute Gasteiger partial charge is 0.465 e. The van der Waals surface area contributed by atoms with Crippen LogP contribution in [0.3, 0.4) is 0 Å². The van der Waals surface area contributed by atoms with Crippen molar-refractivity contribution in [2.24, 2.45) is 11.8 Å². The number of rotatable bonds is 16. The van der Waals surface area contributed by atoms with Crippen LogP contribution in [-0.4, -0.2) is 54.1 Å². The molecule has 3 amide bonds. The molecule has 7 nitrogen and oxygen atoms in total. The van der Waals surface area contributed by atoms with Gasteiger partial charge in [0.15, 0.2) is 0 Å². The molecule has 1 rings (SSSR count). The molecule has 1 heterocycles. The molecule has 2 atom stereocenters. The predicted octanol–water partition coefficient (Wildman–Crippen LogP) is 4.17. The maximum atomic E-state index is 12.6. The number of likely N-dealkylation sites (tertiary alicyclic amines) is 1. The molecule has 30 heavy (non-hydrogen) atoms. The van der Waals surface area contributed by atoms with Gasteiger partial charge in [-0.2, -0.15) is 0 Å². The number of hydrogen-bond donors (Lipinski definition) is 3. The second kappa shape index (κ2) is 16.0. The predicted molar refractivity (Wildman–Crippen MR) is 119 cm³/mol. The van der Waals surface area contributed by atoms with E-state index in [-0.39, 0.29) is 24.9 Å². The summed E-state index contributed by atoms with van der Waals surface area (Å²) in [5.74, 6) is -1.62. The summed E-state index contributed by atoms with van der Waals surface area (Å²) in [7, 11) is 0. The van der Waals surface area contributed by atoms with Crippen LogP contribution in [0.15, 0.2) is 0 Å². The summed E-state index contributed by atoms with van der Waals surface area (Å²) in [5.41, 5.74) is 0. The number of unbranched alkanes of at least 4 members (excludes halogenated alkanes) is 10. The molecule has 1 aliphatic rings. The molecule has 0 aromatic heterocycles. The van der Waals surface area contributed by atoms with Crippen molar-refractivity contribution in [3.63, 3.8) is 0 Å². The molecule has 174 valence electrons. The van der Waals surface area contributed by atoms with Crippen molar-refractivity contribution in [3.05, 3.63) is 0 Å². The molecule has 0 bridgehead atoms. The van der Waals surface area contributed by atoms with E-state index in [1.807, 2.05) is 0 Å². The van der Waals surface area contributed by atoms with Gasteiger partial charge >= 0.3 is 6.09 Å². The van der Waals surface area contributed by atoms with Crippen molar-refractivity contribution in [3.8, 4) is 0 Å². The van der Waals surface area contributed by atoms with Gasteiger partial charge < -0.3 is 20.6 Å². The average Bonchev–Trinajstić information content (AvgIpc) is 3.18. The van der Waals surface area contributed by atoms with Gasteiger partial charge in [-0.25, -0.2) is 4.79 Å². The van der Waals surface area contributed by atoms with Crippen molar-refractivity contribution >= 4 is 17.9 Å². The lowest BCUT2D eigenvalue weighted by molar-refractivity contribution is -0.132. The molecule has 0 unspecified atom stereocenters. The third-order valence-electron chi connectivity index (χ3n) is 5.92. The molecule has 0 aromatic rings. The first-order valence-corrected chi connectivity index (χ1v) is 12.0. The van der Waals surface area contributed by atoms with Crippen molar-refractivity contribution < 1.29 is 19.5 Å². The van der Waals surface area contributed by atoms with Gasteiger partial charge in [0, 0.05) is 26.2 Å². The third-order valence-corrected chi connectivity index (χ3v) is 5.92. The average molecular weight is 426 g/mol. The Morgan fingerprint density at radius 3 is 1.43 bits per heavy atom. The van der Waals surface area contributed by atoms with E-state index in [9.17, 15) is 19.5 Å². The molecule has 0 saturated carbocycles. The molecule has 7 heteroatoms. The smallest absolute Gasteiger partial charge is 0.407 e. The Kier molecular flexibility index (Phi) is 14.0. The Morgan fingerprint density at radius 1 is 0.700 bits per heavy atom. The Bertz CT molecular complexity index is 475. The minimum absolute atomic E-state index is 0.0901. The zero-order valence-corrected chi connectivity index (χ0v) is 19.1. The van der Waals surface area contributed by atoms with Crippen LogP contribution in [-0.2, 0) is 9.59 Å². The van der Waals surface area contributed by atoms with Gasteiger partial charge in [0.05, 0.1) is 11.8 Å². The topological polar surface area (TPSA) is 98.7 Å². The number of nitrogens with one attached hydrogen (secondary N) is 2. The van der Waals surface area contributed by atoms with Gasteiger partial charge in [-0.05, 0) is 12.8 Å². The van der Waals surface area contributed by atoms with Gasteiger partial charge in [-0.3, -0.25) is 9.59 Å². The van der Waals surface area contributed by atoms with E-state index in [0.29, 0.717) is 13.1 Å². The normalized spacial score (nSPS) is 18.4. The molecule has 0 spiro atoms. The van der Waals surface area contributed by atoms with Gasteiger partial charge in [0.1, 0.15) is 0 Å². The molecule has 1 aliphatic heterocycles. The van der Waals surface area contributed by atoms with Crippen LogP contribution in [0.25, 0.3) is 0 Å². The summed E-state index contributed by atoms with van der Waals surface area (Å²) in [6.07, 6.45) is 12.6. The van der Waals surface area contributed by atoms with Crippen molar-refractivity contribution in [1.82, 2.24) is 15.5 Å². The number of amides is 3. The molecular weight excluding hydrogens is 382 g/mol. The van der Waals surface area contributed by atoms with Crippen LogP contribution in [0.2, 0.25) is 0 Å². The highest BCUT2D eigenvalue weighted by Crippen LogP contribution is 2.24. The van der Waals surface area contributed by atoms with E-state index in [2.05, 4.69) is 24.5 Å². The van der Waals surface area contributed by atoms with Crippen molar-refractivity contribution in [1.29, 1.82) is 0 Å². The van der Waals surface area contributed by atoms with Crippen LogP contribution < -0.4 is 10.6 Å². The highest BCUT2D eigenvalue weighted by molar-refractivity contribution is 5.89. The quantitative estimate of drug-likeness (QED) is 0.323. The Morgan fingerprint density at radius 2 is 1.07 bits per heavy atom. The summed E-state index contributed by atoms with van der Waals surface area (Å²) >= 11 is 0. The van der Waals surface area contributed by atoms with Gasteiger partial charge in [-0.1, -0.05) is 78.1 Å².